The summed E-state index contributed by atoms with van der Waals surface area (Å²) < 4.78 is 27.3. The lowest BCUT2D eigenvalue weighted by Crippen LogP contribution is -2.33. The summed E-state index contributed by atoms with van der Waals surface area (Å²) in [5.41, 5.74) is 0. The average Bonchev–Trinajstić information content (AvgIpc) is 3.06. The van der Waals surface area contributed by atoms with Crippen molar-refractivity contribution in [1.29, 1.82) is 0 Å². The minimum absolute atomic E-state index is 0.0227. The third-order valence-corrected chi connectivity index (χ3v) is 5.85. The first-order valence-corrected chi connectivity index (χ1v) is 9.29. The fourth-order valence-corrected chi connectivity index (χ4v) is 4.59. The molecule has 0 radical (unpaired) electrons. The zero-order valence-electron chi connectivity index (χ0n) is 11.6. The van der Waals surface area contributed by atoms with Crippen LogP contribution in [-0.2, 0) is 24.2 Å². The average molecular weight is 345 g/mol. The van der Waals surface area contributed by atoms with Crippen molar-refractivity contribution < 1.29 is 27.5 Å². The predicted octanol–water partition coefficient (Wildman–Crippen LogP) is 0.373. The lowest BCUT2D eigenvalue weighted by molar-refractivity contribution is -0.149. The van der Waals surface area contributed by atoms with Crippen LogP contribution in [0.15, 0.2) is 17.5 Å². The van der Waals surface area contributed by atoms with E-state index in [2.05, 4.69) is 5.32 Å². The van der Waals surface area contributed by atoms with Gasteiger partial charge in [0.25, 0.3) is 11.8 Å². The van der Waals surface area contributed by atoms with Crippen LogP contribution >= 0.6 is 11.3 Å². The third-order valence-electron chi connectivity index (χ3n) is 3.14. The normalized spacial score (nSPS) is 19.5. The van der Waals surface area contributed by atoms with E-state index < -0.39 is 34.2 Å². The van der Waals surface area contributed by atoms with Gasteiger partial charge in [0.1, 0.15) is 0 Å². The number of hydrogen-bond donors (Lipinski definition) is 1. The van der Waals surface area contributed by atoms with Gasteiger partial charge in [-0.3, -0.25) is 19.7 Å². The molecule has 9 heteroatoms. The maximum absolute atomic E-state index is 11.6. The highest BCUT2D eigenvalue weighted by Crippen LogP contribution is 2.21. The molecule has 1 aliphatic rings. The van der Waals surface area contributed by atoms with Crippen molar-refractivity contribution in [2.45, 2.75) is 12.8 Å². The van der Waals surface area contributed by atoms with Crippen LogP contribution in [0, 0.1) is 5.92 Å². The Bertz CT molecular complexity index is 665. The molecule has 1 unspecified atom stereocenters. The summed E-state index contributed by atoms with van der Waals surface area (Å²) in [5, 5.41) is 3.81. The van der Waals surface area contributed by atoms with Crippen molar-refractivity contribution in [3.05, 3.63) is 22.4 Å². The Morgan fingerprint density at radius 2 is 2.14 bits per heavy atom. The number of amides is 2. The second-order valence-electron chi connectivity index (χ2n) is 4.99. The smallest absolute Gasteiger partial charge is 0.306 e. The quantitative estimate of drug-likeness (QED) is 0.773. The SMILES string of the molecule is O=C(COC(=O)CC1CCS(=O)(=O)C1)NC(=O)c1cccs1. The second kappa shape index (κ2) is 7.01. The molecule has 22 heavy (non-hydrogen) atoms. The molecule has 1 atom stereocenters. The lowest BCUT2D eigenvalue weighted by Gasteiger charge is -2.08. The van der Waals surface area contributed by atoms with Gasteiger partial charge in [-0.25, -0.2) is 8.42 Å². The Kier molecular flexibility index (Phi) is 5.30. The molecule has 1 saturated heterocycles. The standard InChI is InChI=1S/C13H15NO6S2/c15-11(14-13(17)10-2-1-4-21-10)7-20-12(16)6-9-3-5-22(18,19)8-9/h1-2,4,9H,3,5-8H2,(H,14,15,17). The van der Waals surface area contributed by atoms with Crippen LogP contribution in [0.3, 0.4) is 0 Å². The van der Waals surface area contributed by atoms with Crippen LogP contribution in [0.4, 0.5) is 0 Å². The molecule has 1 aliphatic heterocycles. The van der Waals surface area contributed by atoms with E-state index in [1.54, 1.807) is 17.5 Å². The molecule has 1 N–H and O–H groups in total. The van der Waals surface area contributed by atoms with Gasteiger partial charge in [-0.1, -0.05) is 6.07 Å². The van der Waals surface area contributed by atoms with Crippen molar-refractivity contribution in [1.82, 2.24) is 5.32 Å². The van der Waals surface area contributed by atoms with Crippen LogP contribution in [-0.4, -0.2) is 44.3 Å². The molecule has 1 aromatic rings. The maximum atomic E-state index is 11.6. The van der Waals surface area contributed by atoms with Gasteiger partial charge in [-0.05, 0) is 23.8 Å². The molecule has 1 fully saturated rings. The van der Waals surface area contributed by atoms with E-state index in [1.165, 1.54) is 11.3 Å². The zero-order chi connectivity index (χ0) is 16.2. The van der Waals surface area contributed by atoms with Gasteiger partial charge >= 0.3 is 5.97 Å². The van der Waals surface area contributed by atoms with Crippen LogP contribution in [0.1, 0.15) is 22.5 Å². The number of imide groups is 1. The summed E-state index contributed by atoms with van der Waals surface area (Å²) in [7, 11) is -3.04. The highest BCUT2D eigenvalue weighted by molar-refractivity contribution is 7.91. The highest BCUT2D eigenvalue weighted by Gasteiger charge is 2.30. The molecule has 0 bridgehead atoms. The Morgan fingerprint density at radius 1 is 1.36 bits per heavy atom. The summed E-state index contributed by atoms with van der Waals surface area (Å²) in [6, 6.07) is 3.25. The molecule has 120 valence electrons. The van der Waals surface area contributed by atoms with E-state index >= 15 is 0 Å². The molecular formula is C13H15NO6S2. The fraction of sp³-hybridized carbons (Fsp3) is 0.462. The molecule has 2 heterocycles. The van der Waals surface area contributed by atoms with Crippen LogP contribution in [0.2, 0.25) is 0 Å². The molecule has 0 aliphatic carbocycles. The second-order valence-corrected chi connectivity index (χ2v) is 8.16. The predicted molar refractivity (Wildman–Crippen MR) is 79.1 cm³/mol. The Balaban J connectivity index is 1.70. The number of thiophene rings is 1. The van der Waals surface area contributed by atoms with Crippen LogP contribution in [0.5, 0.6) is 0 Å². The summed E-state index contributed by atoms with van der Waals surface area (Å²) in [6.45, 7) is -0.560. The van der Waals surface area contributed by atoms with Crippen molar-refractivity contribution in [2.75, 3.05) is 18.1 Å². The van der Waals surface area contributed by atoms with E-state index in [1.807, 2.05) is 0 Å². The van der Waals surface area contributed by atoms with Gasteiger partial charge < -0.3 is 4.74 Å². The maximum Gasteiger partial charge on any atom is 0.306 e. The van der Waals surface area contributed by atoms with Crippen molar-refractivity contribution in [3.8, 4) is 0 Å². The summed E-state index contributed by atoms with van der Waals surface area (Å²) in [6.07, 6.45) is 0.395. The molecule has 7 nitrogen and oxygen atoms in total. The number of nitrogens with one attached hydrogen (secondary N) is 1. The Hall–Kier alpha value is -1.74. The van der Waals surface area contributed by atoms with E-state index in [0.717, 1.165) is 0 Å². The lowest BCUT2D eigenvalue weighted by atomic mass is 10.1. The molecule has 2 amide bonds. The largest absolute Gasteiger partial charge is 0.456 e. The Morgan fingerprint density at radius 3 is 2.73 bits per heavy atom. The minimum Gasteiger partial charge on any atom is -0.456 e. The van der Waals surface area contributed by atoms with Crippen molar-refractivity contribution in [3.63, 3.8) is 0 Å². The van der Waals surface area contributed by atoms with E-state index in [9.17, 15) is 22.8 Å². The number of ether oxygens (including phenoxy) is 1. The van der Waals surface area contributed by atoms with Gasteiger partial charge in [0.15, 0.2) is 16.4 Å². The topological polar surface area (TPSA) is 107 Å². The van der Waals surface area contributed by atoms with E-state index in [0.29, 0.717) is 11.3 Å². The number of sulfone groups is 1. The van der Waals surface area contributed by atoms with E-state index in [4.69, 9.17) is 4.74 Å². The molecular weight excluding hydrogens is 330 g/mol. The minimum atomic E-state index is -3.04. The number of carbonyl (C=O) groups excluding carboxylic acids is 3. The van der Waals surface area contributed by atoms with Gasteiger partial charge in [0.05, 0.1) is 16.4 Å². The van der Waals surface area contributed by atoms with Gasteiger partial charge in [0, 0.05) is 6.42 Å². The summed E-state index contributed by atoms with van der Waals surface area (Å²) >= 11 is 1.19. The van der Waals surface area contributed by atoms with Gasteiger partial charge in [-0.15, -0.1) is 11.3 Å². The molecule has 2 rings (SSSR count). The van der Waals surface area contributed by atoms with E-state index in [-0.39, 0.29) is 23.8 Å². The number of rotatable bonds is 5. The van der Waals surface area contributed by atoms with Crippen molar-refractivity contribution >= 4 is 39.0 Å². The molecule has 0 aromatic carbocycles. The number of hydrogen-bond acceptors (Lipinski definition) is 7. The number of carbonyl (C=O) groups is 3. The first-order chi connectivity index (χ1) is 10.4. The Labute approximate surface area is 131 Å². The molecule has 1 aromatic heterocycles. The van der Waals surface area contributed by atoms with Gasteiger partial charge in [-0.2, -0.15) is 0 Å². The van der Waals surface area contributed by atoms with Gasteiger partial charge in [0.2, 0.25) is 0 Å². The highest BCUT2D eigenvalue weighted by atomic mass is 32.2. The third kappa shape index (κ3) is 4.92. The van der Waals surface area contributed by atoms with Crippen molar-refractivity contribution in [2.24, 2.45) is 5.92 Å². The van der Waals surface area contributed by atoms with Crippen LogP contribution in [0.25, 0.3) is 0 Å². The zero-order valence-corrected chi connectivity index (χ0v) is 13.2. The summed E-state index contributed by atoms with van der Waals surface area (Å²) in [5.74, 6) is -2.09. The molecule has 0 spiro atoms. The molecule has 0 saturated carbocycles. The summed E-state index contributed by atoms with van der Waals surface area (Å²) in [4.78, 5) is 35.0. The monoisotopic (exact) mass is 345 g/mol. The fourth-order valence-electron chi connectivity index (χ4n) is 2.11. The van der Waals surface area contributed by atoms with Crippen LogP contribution < -0.4 is 5.32 Å². The number of esters is 1. The first-order valence-electron chi connectivity index (χ1n) is 6.59. The first kappa shape index (κ1) is 16.6.